The van der Waals surface area contributed by atoms with Gasteiger partial charge in [-0.3, -0.25) is 14.4 Å². The summed E-state index contributed by atoms with van der Waals surface area (Å²) >= 11 is 0. The first-order chi connectivity index (χ1) is 13.4. The number of hydrogen-bond donors (Lipinski definition) is 1. The van der Waals surface area contributed by atoms with E-state index in [0.29, 0.717) is 45.4 Å². The third kappa shape index (κ3) is 4.05. The normalized spacial score (nSPS) is 23.1. The Labute approximate surface area is 166 Å². The number of amides is 2. The van der Waals surface area contributed by atoms with E-state index < -0.39 is 16.7 Å². The van der Waals surface area contributed by atoms with Crippen molar-refractivity contribution < 1.29 is 19.1 Å². The molecule has 0 radical (unpaired) electrons. The lowest BCUT2D eigenvalue weighted by Gasteiger charge is -2.42. The average molecular weight is 386 g/mol. The summed E-state index contributed by atoms with van der Waals surface area (Å²) in [6.07, 6.45) is 4.83. The molecule has 1 aromatic rings. The predicted molar refractivity (Wildman–Crippen MR) is 105 cm³/mol. The van der Waals surface area contributed by atoms with Crippen LogP contribution in [-0.4, -0.2) is 42.4 Å². The van der Waals surface area contributed by atoms with Crippen molar-refractivity contribution in [1.29, 1.82) is 0 Å². The molecule has 1 saturated heterocycles. The minimum absolute atomic E-state index is 0.212. The maximum atomic E-state index is 13.0. The van der Waals surface area contributed by atoms with Crippen LogP contribution in [-0.2, 0) is 25.5 Å². The molecule has 2 amide bonds. The standard InChI is InChI=1S/C22H30N2O4/c1-2-28-20(27)21(11-6-10-17-8-4-3-5-9-17)12-7-15-24(16-21)19(26)22(13-14-22)18(23)25/h3-5,8-9H,2,6-7,10-16H2,1H3,(H2,23,25)/t21-/m1/s1. The highest BCUT2D eigenvalue weighted by atomic mass is 16.5. The molecule has 3 rings (SSSR count). The summed E-state index contributed by atoms with van der Waals surface area (Å²) in [5, 5.41) is 0. The Balaban J connectivity index is 1.72. The number of nitrogens with zero attached hydrogens (tertiary/aromatic N) is 1. The van der Waals surface area contributed by atoms with E-state index in [4.69, 9.17) is 10.5 Å². The zero-order chi connectivity index (χ0) is 20.2. The lowest BCUT2D eigenvalue weighted by atomic mass is 9.75. The third-order valence-electron chi connectivity index (χ3n) is 6.17. The summed E-state index contributed by atoms with van der Waals surface area (Å²) in [5.41, 5.74) is 4.97. The van der Waals surface area contributed by atoms with Crippen molar-refractivity contribution in [2.75, 3.05) is 19.7 Å². The largest absolute Gasteiger partial charge is 0.466 e. The zero-order valence-corrected chi connectivity index (χ0v) is 16.6. The molecule has 0 spiro atoms. The zero-order valence-electron chi connectivity index (χ0n) is 16.6. The molecule has 2 aliphatic rings. The van der Waals surface area contributed by atoms with Gasteiger partial charge < -0.3 is 15.4 Å². The Morgan fingerprint density at radius 1 is 1.14 bits per heavy atom. The number of likely N-dealkylation sites (tertiary alicyclic amines) is 1. The van der Waals surface area contributed by atoms with E-state index in [0.717, 1.165) is 19.3 Å². The molecule has 6 nitrogen and oxygen atoms in total. The number of hydrogen-bond acceptors (Lipinski definition) is 4. The number of benzene rings is 1. The number of ether oxygens (including phenoxy) is 1. The fourth-order valence-corrected chi connectivity index (χ4v) is 4.33. The van der Waals surface area contributed by atoms with Crippen molar-refractivity contribution in [3.8, 4) is 0 Å². The van der Waals surface area contributed by atoms with Gasteiger partial charge in [0.05, 0.1) is 12.0 Å². The Hall–Kier alpha value is -2.37. The fraction of sp³-hybridized carbons (Fsp3) is 0.591. The van der Waals surface area contributed by atoms with E-state index in [1.165, 1.54) is 5.56 Å². The lowest BCUT2D eigenvalue weighted by Crippen LogP contribution is -2.54. The second kappa shape index (κ2) is 8.33. The van der Waals surface area contributed by atoms with Crippen LogP contribution in [0.4, 0.5) is 0 Å². The molecule has 1 atom stereocenters. The van der Waals surface area contributed by atoms with Gasteiger partial charge in [0.15, 0.2) is 0 Å². The highest BCUT2D eigenvalue weighted by molar-refractivity contribution is 6.07. The highest BCUT2D eigenvalue weighted by Gasteiger charge is 2.58. The van der Waals surface area contributed by atoms with Crippen LogP contribution in [0.3, 0.4) is 0 Å². The van der Waals surface area contributed by atoms with Crippen LogP contribution in [0.5, 0.6) is 0 Å². The van der Waals surface area contributed by atoms with Crippen LogP contribution in [0, 0.1) is 10.8 Å². The fourth-order valence-electron chi connectivity index (χ4n) is 4.33. The van der Waals surface area contributed by atoms with Crippen molar-refractivity contribution in [3.05, 3.63) is 35.9 Å². The molecule has 1 aliphatic heterocycles. The van der Waals surface area contributed by atoms with Crippen molar-refractivity contribution in [1.82, 2.24) is 4.90 Å². The summed E-state index contributed by atoms with van der Waals surface area (Å²) in [4.78, 5) is 39.3. The lowest BCUT2D eigenvalue weighted by molar-refractivity contribution is -0.162. The summed E-state index contributed by atoms with van der Waals surface area (Å²) < 4.78 is 5.40. The molecule has 1 aromatic carbocycles. The van der Waals surface area contributed by atoms with Gasteiger partial charge in [-0.05, 0) is 57.4 Å². The van der Waals surface area contributed by atoms with Gasteiger partial charge in [0.2, 0.25) is 11.8 Å². The molecule has 2 fully saturated rings. The number of primary amides is 1. The SMILES string of the molecule is CCOC(=O)[C@]1(CCCc2ccccc2)CCCN(C(=O)C2(C(N)=O)CC2)C1. The van der Waals surface area contributed by atoms with Gasteiger partial charge in [0, 0.05) is 13.1 Å². The van der Waals surface area contributed by atoms with Gasteiger partial charge in [-0.25, -0.2) is 0 Å². The minimum atomic E-state index is -1.04. The molecule has 2 N–H and O–H groups in total. The van der Waals surface area contributed by atoms with Gasteiger partial charge in [-0.15, -0.1) is 0 Å². The Morgan fingerprint density at radius 3 is 2.46 bits per heavy atom. The number of aryl methyl sites for hydroxylation is 1. The van der Waals surface area contributed by atoms with Crippen LogP contribution in [0.2, 0.25) is 0 Å². The topological polar surface area (TPSA) is 89.7 Å². The van der Waals surface area contributed by atoms with Crippen molar-refractivity contribution in [2.24, 2.45) is 16.6 Å². The van der Waals surface area contributed by atoms with Crippen LogP contribution in [0.1, 0.15) is 51.0 Å². The number of carbonyl (C=O) groups excluding carboxylic acids is 3. The predicted octanol–water partition coefficient (Wildman–Crippen LogP) is 2.45. The smallest absolute Gasteiger partial charge is 0.313 e. The van der Waals surface area contributed by atoms with E-state index in [2.05, 4.69) is 12.1 Å². The Bertz CT molecular complexity index is 729. The van der Waals surface area contributed by atoms with Gasteiger partial charge in [0.1, 0.15) is 5.41 Å². The molecule has 0 aromatic heterocycles. The molecular formula is C22H30N2O4. The molecule has 1 saturated carbocycles. The van der Waals surface area contributed by atoms with E-state index in [1.54, 1.807) is 11.8 Å². The van der Waals surface area contributed by atoms with E-state index >= 15 is 0 Å². The van der Waals surface area contributed by atoms with Crippen LogP contribution >= 0.6 is 0 Å². The molecule has 0 unspecified atom stereocenters. The first-order valence-corrected chi connectivity index (χ1v) is 10.2. The second-order valence-corrected chi connectivity index (χ2v) is 8.12. The first kappa shape index (κ1) is 20.4. The number of rotatable bonds is 8. The van der Waals surface area contributed by atoms with Gasteiger partial charge in [0.25, 0.3) is 0 Å². The Morgan fingerprint density at radius 2 is 1.86 bits per heavy atom. The van der Waals surface area contributed by atoms with Crippen molar-refractivity contribution in [3.63, 3.8) is 0 Å². The summed E-state index contributed by atoms with van der Waals surface area (Å²) in [6, 6.07) is 10.2. The van der Waals surface area contributed by atoms with Crippen LogP contribution < -0.4 is 5.73 Å². The van der Waals surface area contributed by atoms with Crippen molar-refractivity contribution >= 4 is 17.8 Å². The molecule has 152 valence electrons. The molecule has 1 aliphatic carbocycles. The average Bonchev–Trinajstić information content (AvgIpc) is 3.51. The maximum Gasteiger partial charge on any atom is 0.313 e. The maximum absolute atomic E-state index is 13.0. The number of esters is 1. The number of piperidine rings is 1. The van der Waals surface area contributed by atoms with E-state index in [9.17, 15) is 14.4 Å². The third-order valence-corrected chi connectivity index (χ3v) is 6.17. The van der Waals surface area contributed by atoms with E-state index in [-0.39, 0.29) is 11.9 Å². The van der Waals surface area contributed by atoms with Gasteiger partial charge in [-0.1, -0.05) is 30.3 Å². The molecular weight excluding hydrogens is 356 g/mol. The summed E-state index contributed by atoms with van der Waals surface area (Å²) in [6.45, 7) is 2.99. The van der Waals surface area contributed by atoms with Crippen molar-refractivity contribution in [2.45, 2.75) is 51.9 Å². The Kier molecular flexibility index (Phi) is 6.06. The molecule has 0 bridgehead atoms. The minimum Gasteiger partial charge on any atom is -0.466 e. The van der Waals surface area contributed by atoms with Crippen LogP contribution in [0.15, 0.2) is 30.3 Å². The van der Waals surface area contributed by atoms with Gasteiger partial charge in [-0.2, -0.15) is 0 Å². The van der Waals surface area contributed by atoms with Gasteiger partial charge >= 0.3 is 5.97 Å². The monoisotopic (exact) mass is 386 g/mol. The number of nitrogens with two attached hydrogens (primary N) is 1. The second-order valence-electron chi connectivity index (χ2n) is 8.12. The summed E-state index contributed by atoms with van der Waals surface area (Å²) in [7, 11) is 0. The molecule has 28 heavy (non-hydrogen) atoms. The molecule has 6 heteroatoms. The quantitative estimate of drug-likeness (QED) is 0.549. The molecule has 1 heterocycles. The first-order valence-electron chi connectivity index (χ1n) is 10.2. The van der Waals surface area contributed by atoms with E-state index in [1.807, 2.05) is 18.2 Å². The van der Waals surface area contributed by atoms with Crippen LogP contribution in [0.25, 0.3) is 0 Å². The highest BCUT2D eigenvalue weighted by Crippen LogP contribution is 2.48. The number of carbonyl (C=O) groups is 3. The summed E-state index contributed by atoms with van der Waals surface area (Å²) in [5.74, 6) is -0.991.